The van der Waals surface area contributed by atoms with E-state index in [1.54, 1.807) is 0 Å². The second-order valence-corrected chi connectivity index (χ2v) is 19.1. The first-order chi connectivity index (χ1) is 26.3. The number of fused-ring (bicyclic) bond motifs is 15. The van der Waals surface area contributed by atoms with E-state index in [-0.39, 0.29) is 0 Å². The summed E-state index contributed by atoms with van der Waals surface area (Å²) in [7, 11) is -2.88. The summed E-state index contributed by atoms with van der Waals surface area (Å²) in [6.45, 7) is 0. The Balaban J connectivity index is 1.18. The minimum Gasteiger partial charge on any atom is -0.455 e. The molecule has 8 aromatic carbocycles. The van der Waals surface area contributed by atoms with Crippen molar-refractivity contribution in [2.24, 2.45) is 0 Å². The van der Waals surface area contributed by atoms with Gasteiger partial charge >= 0.3 is 0 Å². The average Bonchev–Trinajstić information content (AvgIpc) is 3.85. The Labute approximate surface area is 311 Å². The number of furan rings is 1. The average molecular weight is 707 g/mol. The quantitative estimate of drug-likeness (QED) is 0.163. The van der Waals surface area contributed by atoms with Gasteiger partial charge in [-0.3, -0.25) is 0 Å². The molecule has 0 amide bonds. The van der Waals surface area contributed by atoms with E-state index < -0.39 is 8.07 Å². The lowest BCUT2D eigenvalue weighted by Crippen LogP contribution is -2.73. The van der Waals surface area contributed by atoms with Crippen LogP contribution in [-0.4, -0.2) is 8.07 Å². The van der Waals surface area contributed by atoms with E-state index in [2.05, 4.69) is 182 Å². The molecule has 0 fully saturated rings. The molecule has 2 aliphatic rings. The van der Waals surface area contributed by atoms with Gasteiger partial charge in [0.05, 0.1) is 0 Å². The predicted molar refractivity (Wildman–Crippen MR) is 229 cm³/mol. The molecule has 53 heavy (non-hydrogen) atoms. The molecular formula is C50H30OSSi. The molecule has 246 valence electrons. The molecule has 3 heteroatoms. The zero-order valence-electron chi connectivity index (χ0n) is 28.6. The topological polar surface area (TPSA) is 13.1 Å². The number of thiophene rings is 1. The van der Waals surface area contributed by atoms with Crippen LogP contribution < -0.4 is 20.7 Å². The number of hydrogen-bond acceptors (Lipinski definition) is 2. The zero-order valence-corrected chi connectivity index (χ0v) is 30.5. The SMILES string of the molecule is C1=Cc2ccc(-c3cccc4sc5ccccc5c34)cc2[Si]2(c3cc(-c4cccc5c4oc4ccccc45)ccc31)c1ccccc1-c1ccccc12. The molecule has 0 unspecified atom stereocenters. The Bertz CT molecular complexity index is 3150. The van der Waals surface area contributed by atoms with Crippen LogP contribution in [0.4, 0.5) is 0 Å². The first-order valence-electron chi connectivity index (χ1n) is 18.3. The van der Waals surface area contributed by atoms with E-state index in [9.17, 15) is 0 Å². The van der Waals surface area contributed by atoms with Gasteiger partial charge in [0.15, 0.2) is 8.07 Å². The summed E-state index contributed by atoms with van der Waals surface area (Å²) in [5, 5.41) is 10.8. The van der Waals surface area contributed by atoms with Crippen LogP contribution in [0.2, 0.25) is 0 Å². The molecule has 4 heterocycles. The first kappa shape index (κ1) is 29.3. The van der Waals surface area contributed by atoms with Crippen LogP contribution in [0.1, 0.15) is 11.1 Å². The Morgan fingerprint density at radius 2 is 0.943 bits per heavy atom. The number of para-hydroxylation sites is 2. The summed E-state index contributed by atoms with van der Waals surface area (Å²) >= 11 is 1.88. The van der Waals surface area contributed by atoms with Crippen LogP contribution in [0.25, 0.3) is 87.6 Å². The van der Waals surface area contributed by atoms with Crippen LogP contribution in [0, 0.1) is 0 Å². The second kappa shape index (κ2) is 10.9. The monoisotopic (exact) mass is 706 g/mol. The summed E-state index contributed by atoms with van der Waals surface area (Å²) in [6, 6.07) is 63.5. The lowest BCUT2D eigenvalue weighted by molar-refractivity contribution is 0.670. The van der Waals surface area contributed by atoms with E-state index in [0.717, 1.165) is 27.5 Å². The van der Waals surface area contributed by atoms with Crippen molar-refractivity contribution in [2.75, 3.05) is 0 Å². The van der Waals surface area contributed by atoms with Gasteiger partial charge in [0, 0.05) is 36.5 Å². The van der Waals surface area contributed by atoms with Crippen molar-refractivity contribution in [1.29, 1.82) is 0 Å². The third kappa shape index (κ3) is 3.95. The van der Waals surface area contributed by atoms with Crippen molar-refractivity contribution in [3.05, 3.63) is 181 Å². The largest absolute Gasteiger partial charge is 0.455 e. The van der Waals surface area contributed by atoms with Crippen molar-refractivity contribution >= 4 is 94.4 Å². The third-order valence-electron chi connectivity index (χ3n) is 11.7. The van der Waals surface area contributed by atoms with Crippen LogP contribution >= 0.6 is 11.3 Å². The molecular weight excluding hydrogens is 677 g/mol. The van der Waals surface area contributed by atoms with Gasteiger partial charge < -0.3 is 4.42 Å². The standard InChI is InChI=1S/C50H30OSSi/c1-5-18-42-37(11-1)40-17-9-16-36(50(40)51-42)34-28-26-32-24-23-31-25-27-33(35-15-10-20-44-49(35)41-14-2-6-19-43(41)52-44)29-47(31)53(48(32)30-34)45-21-7-3-12-38(45)39-13-4-8-22-46(39)53/h1-30H. The Morgan fingerprint density at radius 3 is 1.70 bits per heavy atom. The highest BCUT2D eigenvalue weighted by Gasteiger charge is 2.51. The summed E-state index contributed by atoms with van der Waals surface area (Å²) in [5.74, 6) is 0. The number of benzene rings is 8. The highest BCUT2D eigenvalue weighted by molar-refractivity contribution is 7.26. The molecule has 0 saturated carbocycles. The molecule has 12 rings (SSSR count). The fourth-order valence-electron chi connectivity index (χ4n) is 9.52. The second-order valence-electron chi connectivity index (χ2n) is 14.3. The molecule has 2 aliphatic heterocycles. The van der Waals surface area contributed by atoms with Crippen molar-refractivity contribution in [3.63, 3.8) is 0 Å². The highest BCUT2D eigenvalue weighted by Crippen LogP contribution is 2.41. The van der Waals surface area contributed by atoms with Gasteiger partial charge in [0.1, 0.15) is 11.2 Å². The van der Waals surface area contributed by atoms with Gasteiger partial charge in [-0.15, -0.1) is 11.3 Å². The maximum Gasteiger partial charge on any atom is 0.182 e. The summed E-state index contributed by atoms with van der Waals surface area (Å²) in [4.78, 5) is 0. The summed E-state index contributed by atoms with van der Waals surface area (Å²) in [6.07, 6.45) is 4.72. The zero-order chi connectivity index (χ0) is 34.7. The number of hydrogen-bond donors (Lipinski definition) is 0. The maximum atomic E-state index is 6.61. The van der Waals surface area contributed by atoms with Gasteiger partial charge in [0.2, 0.25) is 0 Å². The maximum absolute atomic E-state index is 6.61. The number of rotatable bonds is 2. The Morgan fingerprint density at radius 1 is 0.396 bits per heavy atom. The summed E-state index contributed by atoms with van der Waals surface area (Å²) < 4.78 is 9.28. The smallest absolute Gasteiger partial charge is 0.182 e. The van der Waals surface area contributed by atoms with Crippen molar-refractivity contribution < 1.29 is 4.42 Å². The molecule has 0 N–H and O–H groups in total. The lowest BCUT2D eigenvalue weighted by Gasteiger charge is -2.33. The van der Waals surface area contributed by atoms with E-state index in [4.69, 9.17) is 4.42 Å². The molecule has 1 nitrogen and oxygen atoms in total. The van der Waals surface area contributed by atoms with Crippen LogP contribution in [0.5, 0.6) is 0 Å². The molecule has 1 spiro atoms. The third-order valence-corrected chi connectivity index (χ3v) is 17.8. The van der Waals surface area contributed by atoms with E-state index in [1.165, 1.54) is 79.9 Å². The predicted octanol–water partition coefficient (Wildman–Crippen LogP) is 11.1. The molecule has 0 aliphatic carbocycles. The van der Waals surface area contributed by atoms with Gasteiger partial charge in [-0.25, -0.2) is 0 Å². The van der Waals surface area contributed by atoms with Gasteiger partial charge in [-0.2, -0.15) is 0 Å². The fourth-order valence-corrected chi connectivity index (χ4v) is 16.3. The molecule has 2 aromatic heterocycles. The van der Waals surface area contributed by atoms with Gasteiger partial charge in [-0.05, 0) is 77.9 Å². The van der Waals surface area contributed by atoms with E-state index in [0.29, 0.717) is 0 Å². The normalized spacial score (nSPS) is 13.7. The van der Waals surface area contributed by atoms with E-state index in [1.807, 2.05) is 11.3 Å². The first-order valence-corrected chi connectivity index (χ1v) is 21.1. The molecule has 0 saturated heterocycles. The minimum absolute atomic E-state index is 0.923. The van der Waals surface area contributed by atoms with Crippen molar-refractivity contribution in [3.8, 4) is 33.4 Å². The van der Waals surface area contributed by atoms with Crippen molar-refractivity contribution in [1.82, 2.24) is 0 Å². The molecule has 0 bridgehead atoms. The summed E-state index contributed by atoms with van der Waals surface area (Å²) in [5.41, 5.74) is 12.0. The Hall–Kier alpha value is -6.26. The fraction of sp³-hybridized carbons (Fsp3) is 0. The van der Waals surface area contributed by atoms with Crippen LogP contribution in [0.15, 0.2) is 174 Å². The molecule has 10 aromatic rings. The van der Waals surface area contributed by atoms with Crippen molar-refractivity contribution in [2.45, 2.75) is 0 Å². The van der Waals surface area contributed by atoms with Crippen LogP contribution in [-0.2, 0) is 0 Å². The van der Waals surface area contributed by atoms with E-state index >= 15 is 0 Å². The van der Waals surface area contributed by atoms with Gasteiger partial charge in [-0.1, -0.05) is 164 Å². The lowest BCUT2D eigenvalue weighted by atomic mass is 9.98. The Kier molecular flexibility index (Phi) is 6.02. The molecule has 0 atom stereocenters. The highest BCUT2D eigenvalue weighted by atomic mass is 32.1. The van der Waals surface area contributed by atoms with Gasteiger partial charge in [0.25, 0.3) is 0 Å². The minimum atomic E-state index is -2.88. The van der Waals surface area contributed by atoms with Crippen LogP contribution in [0.3, 0.4) is 0 Å². The molecule has 0 radical (unpaired) electrons.